The third-order valence-electron chi connectivity index (χ3n) is 5.59. The lowest BCUT2D eigenvalue weighted by Crippen LogP contribution is -2.56. The molecule has 2 aromatic rings. The van der Waals surface area contributed by atoms with E-state index in [0.717, 1.165) is 50.3 Å². The van der Waals surface area contributed by atoms with Crippen molar-refractivity contribution in [3.8, 4) is 0 Å². The second kappa shape index (κ2) is 5.96. The van der Waals surface area contributed by atoms with Gasteiger partial charge in [0.15, 0.2) is 0 Å². The maximum atomic E-state index is 12.6. The molecule has 3 fully saturated rings. The van der Waals surface area contributed by atoms with Crippen LogP contribution < -0.4 is 10.2 Å². The number of fused-ring (bicyclic) bond motifs is 2. The SMILES string of the molecule is Cn1cc(Nc2nccc(N3C[C@H]4CC[C@H](C3)N4C(=O)C3CC3)n2)cn1. The number of aryl methyl sites for hydroxylation is 1. The second-order valence-corrected chi connectivity index (χ2v) is 7.58. The number of carbonyl (C=O) groups is 1. The van der Waals surface area contributed by atoms with Crippen LogP contribution in [0.1, 0.15) is 25.7 Å². The molecule has 26 heavy (non-hydrogen) atoms. The number of aromatic nitrogens is 4. The van der Waals surface area contributed by atoms with E-state index in [9.17, 15) is 4.79 Å². The number of carbonyl (C=O) groups excluding carboxylic acids is 1. The van der Waals surface area contributed by atoms with Crippen molar-refractivity contribution in [2.24, 2.45) is 13.0 Å². The summed E-state index contributed by atoms with van der Waals surface area (Å²) in [5.74, 6) is 2.18. The van der Waals surface area contributed by atoms with Crippen LogP contribution in [0.2, 0.25) is 0 Å². The Kier molecular flexibility index (Phi) is 3.58. The average Bonchev–Trinajstić information content (AvgIpc) is 3.36. The molecule has 0 unspecified atom stereocenters. The molecular weight excluding hydrogens is 330 g/mol. The van der Waals surface area contributed by atoms with E-state index in [0.29, 0.717) is 29.9 Å². The van der Waals surface area contributed by atoms with E-state index in [1.54, 1.807) is 17.1 Å². The Morgan fingerprint density at radius 2 is 1.96 bits per heavy atom. The minimum absolute atomic E-state index is 0.305. The molecule has 2 aromatic heterocycles. The predicted molar refractivity (Wildman–Crippen MR) is 97.1 cm³/mol. The van der Waals surface area contributed by atoms with Gasteiger partial charge in [-0.2, -0.15) is 10.1 Å². The molecule has 1 saturated carbocycles. The van der Waals surface area contributed by atoms with E-state index in [-0.39, 0.29) is 0 Å². The van der Waals surface area contributed by atoms with Gasteiger partial charge in [0.25, 0.3) is 0 Å². The highest BCUT2D eigenvalue weighted by Gasteiger charge is 2.46. The molecule has 0 radical (unpaired) electrons. The molecule has 8 nitrogen and oxygen atoms in total. The predicted octanol–water partition coefficient (Wildman–Crippen LogP) is 1.54. The van der Waals surface area contributed by atoms with Gasteiger partial charge in [-0.25, -0.2) is 4.98 Å². The number of nitrogens with one attached hydrogen (secondary N) is 1. The Bertz CT molecular complexity index is 816. The minimum Gasteiger partial charge on any atom is -0.352 e. The first-order valence-electron chi connectivity index (χ1n) is 9.33. The number of rotatable bonds is 4. The lowest BCUT2D eigenvalue weighted by atomic mass is 10.1. The summed E-state index contributed by atoms with van der Waals surface area (Å²) >= 11 is 0. The molecular formula is C18H23N7O. The smallest absolute Gasteiger partial charge is 0.229 e. The van der Waals surface area contributed by atoms with Gasteiger partial charge in [-0.15, -0.1) is 0 Å². The van der Waals surface area contributed by atoms with Crippen molar-refractivity contribution in [1.29, 1.82) is 0 Å². The number of piperazine rings is 1. The highest BCUT2D eigenvalue weighted by molar-refractivity contribution is 5.82. The van der Waals surface area contributed by atoms with Crippen molar-refractivity contribution in [1.82, 2.24) is 24.6 Å². The molecule has 2 aliphatic heterocycles. The zero-order chi connectivity index (χ0) is 17.7. The fraction of sp³-hybridized carbons (Fsp3) is 0.556. The number of nitrogens with zero attached hydrogens (tertiary/aromatic N) is 6. The van der Waals surface area contributed by atoms with Crippen LogP contribution in [0.3, 0.4) is 0 Å². The van der Waals surface area contributed by atoms with Crippen molar-refractivity contribution >= 4 is 23.4 Å². The maximum Gasteiger partial charge on any atom is 0.229 e. The Morgan fingerprint density at radius 3 is 2.62 bits per heavy atom. The van der Waals surface area contributed by atoms with Crippen LogP contribution in [-0.4, -0.2) is 55.7 Å². The molecule has 0 spiro atoms. The fourth-order valence-corrected chi connectivity index (χ4v) is 4.19. The number of hydrogen-bond donors (Lipinski definition) is 1. The fourth-order valence-electron chi connectivity index (χ4n) is 4.19. The van der Waals surface area contributed by atoms with E-state index < -0.39 is 0 Å². The molecule has 1 amide bonds. The van der Waals surface area contributed by atoms with Gasteiger partial charge in [-0.05, 0) is 31.7 Å². The summed E-state index contributed by atoms with van der Waals surface area (Å²) < 4.78 is 1.74. The van der Waals surface area contributed by atoms with Crippen LogP contribution in [0.25, 0.3) is 0 Å². The summed E-state index contributed by atoms with van der Waals surface area (Å²) in [6.45, 7) is 1.72. The van der Waals surface area contributed by atoms with Crippen LogP contribution in [0.4, 0.5) is 17.5 Å². The van der Waals surface area contributed by atoms with Gasteiger partial charge < -0.3 is 15.1 Å². The maximum absolute atomic E-state index is 12.6. The molecule has 4 heterocycles. The Labute approximate surface area is 152 Å². The number of amides is 1. The van der Waals surface area contributed by atoms with E-state index in [4.69, 9.17) is 0 Å². The van der Waals surface area contributed by atoms with Gasteiger partial charge in [0.1, 0.15) is 5.82 Å². The van der Waals surface area contributed by atoms with Crippen LogP contribution in [0.15, 0.2) is 24.7 Å². The summed E-state index contributed by atoms with van der Waals surface area (Å²) in [5.41, 5.74) is 0.865. The monoisotopic (exact) mass is 353 g/mol. The quantitative estimate of drug-likeness (QED) is 0.898. The summed E-state index contributed by atoms with van der Waals surface area (Å²) in [5, 5.41) is 7.34. The average molecular weight is 353 g/mol. The van der Waals surface area contributed by atoms with E-state index in [2.05, 4.69) is 30.2 Å². The molecule has 2 atom stereocenters. The minimum atomic E-state index is 0.305. The largest absolute Gasteiger partial charge is 0.352 e. The van der Waals surface area contributed by atoms with Crippen molar-refractivity contribution in [3.63, 3.8) is 0 Å². The number of hydrogen-bond acceptors (Lipinski definition) is 6. The van der Waals surface area contributed by atoms with Gasteiger partial charge in [-0.3, -0.25) is 9.48 Å². The molecule has 5 rings (SSSR count). The lowest BCUT2D eigenvalue weighted by Gasteiger charge is -2.41. The standard InChI is InChI=1S/C18H23N7O/c1-23-9-13(8-20-23)21-18-19-7-6-16(22-18)24-10-14-4-5-15(11-24)25(14)17(26)12-2-3-12/h6-9,12,14-15H,2-5,10-11H2,1H3,(H,19,21,22)/t14-,15-/m1/s1. The van der Waals surface area contributed by atoms with Crippen molar-refractivity contribution in [2.75, 3.05) is 23.3 Å². The van der Waals surface area contributed by atoms with Crippen molar-refractivity contribution in [2.45, 2.75) is 37.8 Å². The second-order valence-electron chi connectivity index (χ2n) is 7.58. The normalized spacial score (nSPS) is 24.8. The Morgan fingerprint density at radius 1 is 1.19 bits per heavy atom. The molecule has 136 valence electrons. The Hall–Kier alpha value is -2.64. The highest BCUT2D eigenvalue weighted by atomic mass is 16.2. The lowest BCUT2D eigenvalue weighted by molar-refractivity contribution is -0.135. The molecule has 2 bridgehead atoms. The summed E-state index contributed by atoms with van der Waals surface area (Å²) in [6, 6.07) is 2.60. The van der Waals surface area contributed by atoms with Gasteiger partial charge >= 0.3 is 0 Å². The van der Waals surface area contributed by atoms with Crippen molar-refractivity contribution in [3.05, 3.63) is 24.7 Å². The van der Waals surface area contributed by atoms with Crippen LogP contribution >= 0.6 is 0 Å². The molecule has 1 aliphatic carbocycles. The molecule has 0 aromatic carbocycles. The zero-order valence-corrected chi connectivity index (χ0v) is 14.9. The third-order valence-corrected chi connectivity index (χ3v) is 5.59. The summed E-state index contributed by atoms with van der Waals surface area (Å²) in [4.78, 5) is 26.1. The van der Waals surface area contributed by atoms with E-state index in [1.165, 1.54) is 0 Å². The van der Waals surface area contributed by atoms with Gasteiger partial charge in [-0.1, -0.05) is 0 Å². The molecule has 3 aliphatic rings. The summed E-state index contributed by atoms with van der Waals surface area (Å²) in [7, 11) is 1.88. The first-order chi connectivity index (χ1) is 12.7. The topological polar surface area (TPSA) is 79.2 Å². The van der Waals surface area contributed by atoms with Crippen LogP contribution in [0, 0.1) is 5.92 Å². The van der Waals surface area contributed by atoms with Crippen molar-refractivity contribution < 1.29 is 4.79 Å². The van der Waals surface area contributed by atoms with Gasteiger partial charge in [0.2, 0.25) is 11.9 Å². The van der Waals surface area contributed by atoms with Crippen LogP contribution in [0.5, 0.6) is 0 Å². The van der Waals surface area contributed by atoms with Crippen LogP contribution in [-0.2, 0) is 11.8 Å². The molecule has 8 heteroatoms. The van der Waals surface area contributed by atoms with E-state index in [1.807, 2.05) is 19.3 Å². The Balaban J connectivity index is 1.32. The molecule has 2 saturated heterocycles. The van der Waals surface area contributed by atoms with E-state index >= 15 is 0 Å². The first kappa shape index (κ1) is 15.6. The third kappa shape index (κ3) is 2.79. The molecule has 1 N–H and O–H groups in total. The zero-order valence-electron chi connectivity index (χ0n) is 14.9. The first-order valence-corrected chi connectivity index (χ1v) is 9.33. The summed E-state index contributed by atoms with van der Waals surface area (Å²) in [6.07, 6.45) is 9.78. The highest BCUT2D eigenvalue weighted by Crippen LogP contribution is 2.38. The van der Waals surface area contributed by atoms with Gasteiger partial charge in [0, 0.05) is 50.5 Å². The number of anilines is 3. The van der Waals surface area contributed by atoms with Gasteiger partial charge in [0.05, 0.1) is 11.9 Å².